The molecule has 0 aliphatic heterocycles. The number of hydrogen-bond donors (Lipinski definition) is 0. The number of esters is 1. The normalized spacial score (nSPS) is 19.5. The molecule has 0 N–H and O–H groups in total. The van der Waals surface area contributed by atoms with Gasteiger partial charge in [-0.2, -0.15) is 0 Å². The highest BCUT2D eigenvalue weighted by Gasteiger charge is 2.28. The third kappa shape index (κ3) is 1.87. The molecule has 0 fully saturated rings. The largest absolute Gasteiger partial charge is 0.469 e. The molecule has 0 bridgehead atoms. The molecule has 15 heavy (non-hydrogen) atoms. The topological polar surface area (TPSA) is 39.2 Å². The van der Waals surface area contributed by atoms with E-state index in [-0.39, 0.29) is 11.9 Å². The summed E-state index contributed by atoms with van der Waals surface area (Å²) in [5, 5.41) is 0. The summed E-state index contributed by atoms with van der Waals surface area (Å²) in [6, 6.07) is 4.07. The van der Waals surface area contributed by atoms with Crippen molar-refractivity contribution in [2.45, 2.75) is 32.1 Å². The van der Waals surface area contributed by atoms with Gasteiger partial charge in [-0.25, -0.2) is 0 Å². The highest BCUT2D eigenvalue weighted by Crippen LogP contribution is 2.30. The summed E-state index contributed by atoms with van der Waals surface area (Å²) in [5.41, 5.74) is 3.08. The molecule has 1 aromatic heterocycles. The number of aryl methyl sites for hydroxylation is 2. The molecule has 0 saturated heterocycles. The first-order chi connectivity index (χ1) is 7.22. The lowest BCUT2D eigenvalue weighted by Gasteiger charge is -2.22. The zero-order valence-corrected chi connectivity index (χ0v) is 9.12. The Morgan fingerprint density at radius 3 is 3.07 bits per heavy atom. The van der Waals surface area contributed by atoms with E-state index in [4.69, 9.17) is 4.74 Å². The van der Waals surface area contributed by atoms with Gasteiger partial charge in [0.25, 0.3) is 0 Å². The van der Waals surface area contributed by atoms with Crippen LogP contribution < -0.4 is 0 Å². The van der Waals surface area contributed by atoms with E-state index in [2.05, 4.69) is 11.1 Å². The minimum absolute atomic E-state index is 0.154. The molecule has 0 spiro atoms. The minimum atomic E-state index is -0.158. The van der Waals surface area contributed by atoms with Crippen molar-refractivity contribution in [3.05, 3.63) is 29.1 Å². The first-order valence-corrected chi connectivity index (χ1v) is 5.26. The van der Waals surface area contributed by atoms with Crippen LogP contribution >= 0.6 is 0 Å². The van der Waals surface area contributed by atoms with E-state index in [0.29, 0.717) is 0 Å². The smallest absolute Gasteiger partial charge is 0.314 e. The van der Waals surface area contributed by atoms with Crippen LogP contribution in [0.4, 0.5) is 0 Å². The first kappa shape index (κ1) is 10.1. The number of hydrogen-bond acceptors (Lipinski definition) is 3. The van der Waals surface area contributed by atoms with Crippen molar-refractivity contribution >= 4 is 5.97 Å². The van der Waals surface area contributed by atoms with E-state index in [0.717, 1.165) is 30.7 Å². The van der Waals surface area contributed by atoms with Gasteiger partial charge in [-0.15, -0.1) is 0 Å². The maximum absolute atomic E-state index is 11.6. The quantitative estimate of drug-likeness (QED) is 0.658. The Balaban J connectivity index is 2.40. The van der Waals surface area contributed by atoms with E-state index in [1.807, 2.05) is 13.0 Å². The van der Waals surface area contributed by atoms with Crippen LogP contribution in [0.1, 0.15) is 35.7 Å². The van der Waals surface area contributed by atoms with E-state index < -0.39 is 0 Å². The number of aromatic nitrogens is 1. The lowest BCUT2D eigenvalue weighted by molar-refractivity contribution is -0.142. The molecule has 0 radical (unpaired) electrons. The van der Waals surface area contributed by atoms with Gasteiger partial charge >= 0.3 is 5.97 Å². The van der Waals surface area contributed by atoms with E-state index >= 15 is 0 Å². The standard InChI is InChI=1S/C12H15NO2/c1-8-6-7-9-4-3-5-10(11(9)13-8)12(14)15-2/h6-7,10H,3-5H2,1-2H3. The molecule has 2 rings (SSSR count). The van der Waals surface area contributed by atoms with Crippen molar-refractivity contribution in [2.75, 3.05) is 7.11 Å². The highest BCUT2D eigenvalue weighted by atomic mass is 16.5. The van der Waals surface area contributed by atoms with Gasteiger partial charge in [0.2, 0.25) is 0 Å². The third-order valence-electron chi connectivity index (χ3n) is 2.91. The predicted molar refractivity (Wildman–Crippen MR) is 56.7 cm³/mol. The Bertz CT molecular complexity index is 387. The van der Waals surface area contributed by atoms with E-state index in [1.54, 1.807) is 0 Å². The van der Waals surface area contributed by atoms with Crippen LogP contribution in [0.5, 0.6) is 0 Å². The number of pyridine rings is 1. The maximum Gasteiger partial charge on any atom is 0.314 e. The fourth-order valence-electron chi connectivity index (χ4n) is 2.12. The monoisotopic (exact) mass is 205 g/mol. The second-order valence-electron chi connectivity index (χ2n) is 3.96. The second-order valence-corrected chi connectivity index (χ2v) is 3.96. The van der Waals surface area contributed by atoms with Gasteiger partial charge in [0, 0.05) is 5.69 Å². The molecule has 1 heterocycles. The molecule has 1 aliphatic carbocycles. The van der Waals surface area contributed by atoms with Crippen molar-refractivity contribution in [3.63, 3.8) is 0 Å². The van der Waals surface area contributed by atoms with Gasteiger partial charge in [0.15, 0.2) is 0 Å². The number of carbonyl (C=O) groups excluding carboxylic acids is 1. The molecular weight excluding hydrogens is 190 g/mol. The summed E-state index contributed by atoms with van der Waals surface area (Å²) in [5.74, 6) is -0.312. The summed E-state index contributed by atoms with van der Waals surface area (Å²) < 4.78 is 4.81. The Morgan fingerprint density at radius 1 is 1.53 bits per heavy atom. The SMILES string of the molecule is COC(=O)C1CCCc2ccc(C)nc21. The fraction of sp³-hybridized carbons (Fsp3) is 0.500. The van der Waals surface area contributed by atoms with Crippen LogP contribution in [0.3, 0.4) is 0 Å². The molecule has 1 atom stereocenters. The number of methoxy groups -OCH3 is 1. The van der Waals surface area contributed by atoms with Gasteiger partial charge in [-0.1, -0.05) is 6.07 Å². The molecule has 0 saturated carbocycles. The average molecular weight is 205 g/mol. The van der Waals surface area contributed by atoms with Crippen LogP contribution in [-0.2, 0) is 16.0 Å². The van der Waals surface area contributed by atoms with Gasteiger partial charge in [0.1, 0.15) is 0 Å². The Labute approximate surface area is 89.5 Å². The molecule has 3 heteroatoms. The molecular formula is C12H15NO2. The van der Waals surface area contributed by atoms with E-state index in [1.165, 1.54) is 12.7 Å². The summed E-state index contributed by atoms with van der Waals surface area (Å²) in [6.45, 7) is 1.95. The van der Waals surface area contributed by atoms with Crippen LogP contribution in [0.15, 0.2) is 12.1 Å². The number of fused-ring (bicyclic) bond motifs is 1. The zero-order chi connectivity index (χ0) is 10.8. The van der Waals surface area contributed by atoms with Gasteiger partial charge in [-0.05, 0) is 37.8 Å². The molecule has 1 unspecified atom stereocenters. The van der Waals surface area contributed by atoms with Crippen LogP contribution in [0.2, 0.25) is 0 Å². The lowest BCUT2D eigenvalue weighted by Crippen LogP contribution is -2.21. The number of rotatable bonds is 1. The summed E-state index contributed by atoms with van der Waals surface area (Å²) in [7, 11) is 1.44. The highest BCUT2D eigenvalue weighted by molar-refractivity contribution is 5.78. The van der Waals surface area contributed by atoms with Crippen LogP contribution in [0.25, 0.3) is 0 Å². The number of nitrogens with zero attached hydrogens (tertiary/aromatic N) is 1. The Hall–Kier alpha value is -1.38. The molecule has 1 aromatic rings. The Kier molecular flexibility index (Phi) is 2.71. The molecule has 3 nitrogen and oxygen atoms in total. The number of ether oxygens (including phenoxy) is 1. The lowest BCUT2D eigenvalue weighted by atomic mass is 9.86. The maximum atomic E-state index is 11.6. The van der Waals surface area contributed by atoms with Crippen molar-refractivity contribution in [1.82, 2.24) is 4.98 Å². The molecule has 0 aromatic carbocycles. The molecule has 80 valence electrons. The minimum Gasteiger partial charge on any atom is -0.469 e. The second kappa shape index (κ2) is 4.01. The van der Waals surface area contributed by atoms with Crippen molar-refractivity contribution in [1.29, 1.82) is 0 Å². The van der Waals surface area contributed by atoms with Gasteiger partial charge in [0.05, 0.1) is 18.7 Å². The third-order valence-corrected chi connectivity index (χ3v) is 2.91. The molecule has 0 amide bonds. The van der Waals surface area contributed by atoms with Crippen LogP contribution in [-0.4, -0.2) is 18.1 Å². The van der Waals surface area contributed by atoms with Crippen LogP contribution in [0, 0.1) is 6.92 Å². The predicted octanol–water partition coefficient (Wildman–Crippen LogP) is 1.98. The van der Waals surface area contributed by atoms with Crippen molar-refractivity contribution in [2.24, 2.45) is 0 Å². The van der Waals surface area contributed by atoms with Gasteiger partial charge < -0.3 is 4.74 Å². The fourth-order valence-corrected chi connectivity index (χ4v) is 2.12. The Morgan fingerprint density at radius 2 is 2.33 bits per heavy atom. The van der Waals surface area contributed by atoms with Crippen molar-refractivity contribution < 1.29 is 9.53 Å². The van der Waals surface area contributed by atoms with Gasteiger partial charge in [-0.3, -0.25) is 9.78 Å². The summed E-state index contributed by atoms with van der Waals surface area (Å²) in [6.07, 6.45) is 2.92. The number of carbonyl (C=O) groups is 1. The van der Waals surface area contributed by atoms with Crippen molar-refractivity contribution in [3.8, 4) is 0 Å². The van der Waals surface area contributed by atoms with E-state index in [9.17, 15) is 4.79 Å². The zero-order valence-electron chi connectivity index (χ0n) is 9.12. The first-order valence-electron chi connectivity index (χ1n) is 5.26. The average Bonchev–Trinajstić information content (AvgIpc) is 2.27. The molecule has 1 aliphatic rings. The summed E-state index contributed by atoms with van der Waals surface area (Å²) in [4.78, 5) is 16.0. The summed E-state index contributed by atoms with van der Waals surface area (Å²) >= 11 is 0.